The van der Waals surface area contributed by atoms with Gasteiger partial charge in [-0.2, -0.15) is 0 Å². The Balaban J connectivity index is 1.78. The second-order valence-electron chi connectivity index (χ2n) is 7.45. The van der Waals surface area contributed by atoms with E-state index in [1.807, 2.05) is 0 Å². The maximum Gasteiger partial charge on any atom is 0.323 e. The first-order valence-electron chi connectivity index (χ1n) is 9.87. The fraction of sp³-hybridized carbons (Fsp3) is 0.333. The first-order chi connectivity index (χ1) is 14.8. The maximum atomic E-state index is 13.4. The van der Waals surface area contributed by atoms with Gasteiger partial charge in [-0.25, -0.2) is 4.98 Å². The molecular weight excluding hydrogens is 458 g/mol. The van der Waals surface area contributed by atoms with Crippen molar-refractivity contribution in [2.75, 3.05) is 6.54 Å². The highest BCUT2D eigenvalue weighted by atomic mass is 35.5. The number of hydrogen-bond acceptors (Lipinski definition) is 6. The molecule has 4 rings (SSSR count). The molecule has 1 aliphatic rings. The van der Waals surface area contributed by atoms with Gasteiger partial charge in [-0.05, 0) is 43.4 Å². The van der Waals surface area contributed by atoms with Crippen molar-refractivity contribution in [2.45, 2.75) is 38.6 Å². The largest absolute Gasteiger partial charge is 0.494 e. The Bertz CT molecular complexity index is 1220. The smallest absolute Gasteiger partial charge is 0.323 e. The van der Waals surface area contributed by atoms with Gasteiger partial charge in [0.1, 0.15) is 16.7 Å². The number of carboxylic acid groups (broad SMARTS) is 1. The summed E-state index contributed by atoms with van der Waals surface area (Å²) in [6.45, 7) is -0.513. The van der Waals surface area contributed by atoms with Crippen LogP contribution in [0.3, 0.4) is 0 Å². The second-order valence-corrected chi connectivity index (χ2v) is 9.33. The van der Waals surface area contributed by atoms with Gasteiger partial charge >= 0.3 is 5.97 Å². The molecule has 1 amide bonds. The van der Waals surface area contributed by atoms with Gasteiger partial charge in [0.05, 0.1) is 0 Å². The number of amides is 1. The van der Waals surface area contributed by atoms with Gasteiger partial charge in [0.15, 0.2) is 4.96 Å². The van der Waals surface area contributed by atoms with Crippen molar-refractivity contribution in [1.29, 1.82) is 0 Å². The highest BCUT2D eigenvalue weighted by molar-refractivity contribution is 7.71. The first kappa shape index (κ1) is 21.7. The summed E-state index contributed by atoms with van der Waals surface area (Å²) in [5.41, 5.74) is 1.51. The van der Waals surface area contributed by atoms with E-state index >= 15 is 0 Å². The van der Waals surface area contributed by atoms with Gasteiger partial charge in [0.25, 0.3) is 5.91 Å². The average Bonchev–Trinajstić information content (AvgIpc) is 2.89. The van der Waals surface area contributed by atoms with Gasteiger partial charge in [0.2, 0.25) is 5.88 Å². The van der Waals surface area contributed by atoms with E-state index in [0.717, 1.165) is 47.6 Å². The predicted octanol–water partition coefficient (Wildman–Crippen LogP) is 4.48. The molecule has 162 valence electrons. The van der Waals surface area contributed by atoms with E-state index in [-0.39, 0.29) is 22.6 Å². The van der Waals surface area contributed by atoms with Crippen LogP contribution in [0.1, 0.15) is 45.8 Å². The highest BCUT2D eigenvalue weighted by Gasteiger charge is 2.27. The van der Waals surface area contributed by atoms with Crippen molar-refractivity contribution < 1.29 is 19.8 Å². The SMILES string of the molecule is O=C(O)CN(Cc1ccc(Cl)cc1)C(=O)c1c(O)n2c3c(sc2nc1=S)CCCCC3. The summed E-state index contributed by atoms with van der Waals surface area (Å²) in [5, 5.41) is 21.0. The van der Waals surface area contributed by atoms with E-state index in [9.17, 15) is 19.8 Å². The average molecular weight is 478 g/mol. The minimum atomic E-state index is -1.17. The molecule has 0 unspecified atom stereocenters. The number of carbonyl (C=O) groups is 2. The molecule has 2 N–H and O–H groups in total. The summed E-state index contributed by atoms with van der Waals surface area (Å²) in [6, 6.07) is 6.77. The Hall–Kier alpha value is -2.49. The molecule has 10 heteroatoms. The number of nitrogens with zero attached hydrogens (tertiary/aromatic N) is 3. The summed E-state index contributed by atoms with van der Waals surface area (Å²) in [7, 11) is 0. The third kappa shape index (κ3) is 4.44. The third-order valence-corrected chi connectivity index (χ3v) is 6.97. The fourth-order valence-electron chi connectivity index (χ4n) is 3.82. The highest BCUT2D eigenvalue weighted by Crippen LogP contribution is 2.33. The monoisotopic (exact) mass is 477 g/mol. The molecule has 0 atom stereocenters. The Morgan fingerprint density at radius 3 is 2.61 bits per heavy atom. The lowest BCUT2D eigenvalue weighted by molar-refractivity contribution is -0.137. The third-order valence-electron chi connectivity index (χ3n) is 5.28. The molecule has 3 aromatic rings. The van der Waals surface area contributed by atoms with E-state index in [1.165, 1.54) is 11.3 Å². The zero-order valence-corrected chi connectivity index (χ0v) is 18.9. The quantitative estimate of drug-likeness (QED) is 0.415. The number of fused-ring (bicyclic) bond motifs is 3. The van der Waals surface area contributed by atoms with E-state index < -0.39 is 18.4 Å². The molecule has 2 aromatic heterocycles. The molecule has 0 fully saturated rings. The zero-order valence-electron chi connectivity index (χ0n) is 16.5. The molecule has 1 aromatic carbocycles. The van der Waals surface area contributed by atoms with Crippen molar-refractivity contribution in [2.24, 2.45) is 0 Å². The topological polar surface area (TPSA) is 95.1 Å². The van der Waals surface area contributed by atoms with E-state index in [2.05, 4.69) is 4.98 Å². The van der Waals surface area contributed by atoms with Crippen molar-refractivity contribution in [3.05, 3.63) is 55.6 Å². The van der Waals surface area contributed by atoms with Crippen LogP contribution in [0.5, 0.6) is 5.88 Å². The Morgan fingerprint density at radius 1 is 1.19 bits per heavy atom. The lowest BCUT2D eigenvalue weighted by Crippen LogP contribution is -2.35. The van der Waals surface area contributed by atoms with Gasteiger partial charge in [-0.15, -0.1) is 11.3 Å². The minimum absolute atomic E-state index is 0.0287. The number of thiazole rings is 1. The number of hydrogen-bond donors (Lipinski definition) is 2. The number of rotatable bonds is 5. The summed E-state index contributed by atoms with van der Waals surface area (Å²) in [4.78, 5) is 32.0. The van der Waals surface area contributed by atoms with Crippen LogP contribution >= 0.6 is 35.2 Å². The van der Waals surface area contributed by atoms with E-state index in [4.69, 9.17) is 23.8 Å². The normalized spacial score (nSPS) is 13.6. The first-order valence-corrected chi connectivity index (χ1v) is 11.5. The number of benzene rings is 1. The van der Waals surface area contributed by atoms with Crippen LogP contribution in [0.4, 0.5) is 0 Å². The molecular formula is C21H20ClN3O4S2. The van der Waals surface area contributed by atoms with Gasteiger partial charge in [-0.3, -0.25) is 14.0 Å². The minimum Gasteiger partial charge on any atom is -0.494 e. The Morgan fingerprint density at radius 2 is 1.90 bits per heavy atom. The van der Waals surface area contributed by atoms with Gasteiger partial charge in [0, 0.05) is 22.1 Å². The summed E-state index contributed by atoms with van der Waals surface area (Å²) >= 11 is 12.7. The number of aryl methyl sites for hydroxylation is 2. The molecule has 0 saturated carbocycles. The van der Waals surface area contributed by atoms with E-state index in [1.54, 1.807) is 28.7 Å². The summed E-state index contributed by atoms with van der Waals surface area (Å²) < 4.78 is 1.57. The van der Waals surface area contributed by atoms with Crippen molar-refractivity contribution >= 4 is 52.0 Å². The van der Waals surface area contributed by atoms with Crippen LogP contribution in [0, 0.1) is 4.64 Å². The predicted molar refractivity (Wildman–Crippen MR) is 121 cm³/mol. The molecule has 0 spiro atoms. The standard InChI is InChI=1S/C21H20ClN3O4S2/c22-13-8-6-12(7-9-13)10-24(11-16(26)27)19(28)17-18(30)23-21-25(20(17)29)14-4-2-1-3-5-15(14)31-21/h6-9,29H,1-5,10-11H2,(H,26,27). The second kappa shape index (κ2) is 8.94. The molecule has 2 heterocycles. The molecule has 0 bridgehead atoms. The molecule has 31 heavy (non-hydrogen) atoms. The number of aromatic hydroxyl groups is 1. The van der Waals surface area contributed by atoms with Crippen molar-refractivity contribution in [1.82, 2.24) is 14.3 Å². The molecule has 0 radical (unpaired) electrons. The number of carbonyl (C=O) groups excluding carboxylic acids is 1. The lowest BCUT2D eigenvalue weighted by atomic mass is 10.2. The molecule has 0 saturated heterocycles. The van der Waals surface area contributed by atoms with Crippen molar-refractivity contribution in [3.63, 3.8) is 0 Å². The number of carboxylic acids is 1. The maximum absolute atomic E-state index is 13.4. The van der Waals surface area contributed by atoms with Gasteiger partial charge < -0.3 is 15.1 Å². The molecule has 0 aliphatic heterocycles. The molecule has 7 nitrogen and oxygen atoms in total. The van der Waals surface area contributed by atoms with Crippen LogP contribution in [0.15, 0.2) is 24.3 Å². The van der Waals surface area contributed by atoms with Crippen LogP contribution in [0.25, 0.3) is 4.96 Å². The van der Waals surface area contributed by atoms with Crippen LogP contribution in [-0.4, -0.2) is 42.9 Å². The Labute approximate surface area is 192 Å². The lowest BCUT2D eigenvalue weighted by Gasteiger charge is -2.21. The van der Waals surface area contributed by atoms with Gasteiger partial charge in [-0.1, -0.05) is 42.4 Å². The Kier molecular flexibility index (Phi) is 6.27. The molecule has 1 aliphatic carbocycles. The summed E-state index contributed by atoms with van der Waals surface area (Å²) in [6.07, 6.45) is 4.85. The van der Waals surface area contributed by atoms with Crippen LogP contribution in [-0.2, 0) is 24.2 Å². The van der Waals surface area contributed by atoms with E-state index in [0.29, 0.717) is 15.5 Å². The zero-order chi connectivity index (χ0) is 22.1. The van der Waals surface area contributed by atoms with Crippen LogP contribution < -0.4 is 0 Å². The number of aliphatic carboxylic acids is 1. The fourth-order valence-corrected chi connectivity index (χ4v) is 5.47. The summed E-state index contributed by atoms with van der Waals surface area (Å²) in [5.74, 6) is -2.11. The number of halogens is 1. The van der Waals surface area contributed by atoms with Crippen LogP contribution in [0.2, 0.25) is 5.02 Å². The number of aromatic nitrogens is 2. The van der Waals surface area contributed by atoms with Crippen molar-refractivity contribution in [3.8, 4) is 5.88 Å².